The number of ether oxygens (including phenoxy) is 1. The minimum Gasteiger partial charge on any atom is -0.492 e. The minimum absolute atomic E-state index is 0.00707. The molecule has 2 aliphatic heterocycles. The highest BCUT2D eigenvalue weighted by atomic mass is 16.5. The van der Waals surface area contributed by atoms with E-state index in [0.717, 1.165) is 37.0 Å². The predicted molar refractivity (Wildman–Crippen MR) is 103 cm³/mol. The van der Waals surface area contributed by atoms with Gasteiger partial charge < -0.3 is 15.4 Å². The van der Waals surface area contributed by atoms with E-state index < -0.39 is 23.3 Å². The summed E-state index contributed by atoms with van der Waals surface area (Å²) in [7, 11) is 0. The van der Waals surface area contributed by atoms with E-state index in [1.54, 1.807) is 0 Å². The minimum atomic E-state index is -0.652. The van der Waals surface area contributed by atoms with Crippen molar-refractivity contribution in [1.82, 2.24) is 16.0 Å². The summed E-state index contributed by atoms with van der Waals surface area (Å²) in [5.74, 6) is -1.54. The van der Waals surface area contributed by atoms with Crippen molar-refractivity contribution < 1.29 is 23.9 Å². The number of nitrogens with one attached hydrogen (secondary N) is 3. The Labute approximate surface area is 168 Å². The van der Waals surface area contributed by atoms with E-state index in [-0.39, 0.29) is 30.6 Å². The molecule has 0 spiro atoms. The van der Waals surface area contributed by atoms with Crippen molar-refractivity contribution >= 4 is 23.6 Å². The van der Waals surface area contributed by atoms with Gasteiger partial charge in [0.05, 0.1) is 11.5 Å². The monoisotopic (exact) mass is 399 g/mol. The van der Waals surface area contributed by atoms with E-state index >= 15 is 0 Å². The van der Waals surface area contributed by atoms with Crippen molar-refractivity contribution in [2.75, 3.05) is 13.2 Å². The SMILES string of the molecule is O=C1CC(C(=O)NCC2(NC(=O)C3COc4ccccc43)CCCC2)CC(=O)N1. The van der Waals surface area contributed by atoms with Gasteiger partial charge in [-0.15, -0.1) is 0 Å². The molecule has 3 N–H and O–H groups in total. The molecule has 1 saturated carbocycles. The smallest absolute Gasteiger partial charge is 0.231 e. The Morgan fingerprint density at radius 3 is 2.48 bits per heavy atom. The van der Waals surface area contributed by atoms with Gasteiger partial charge >= 0.3 is 0 Å². The first-order chi connectivity index (χ1) is 14.0. The number of rotatable bonds is 5. The summed E-state index contributed by atoms with van der Waals surface area (Å²) in [6.07, 6.45) is 3.51. The highest BCUT2D eigenvalue weighted by Crippen LogP contribution is 2.35. The van der Waals surface area contributed by atoms with Crippen LogP contribution in [0, 0.1) is 5.92 Å². The number of benzene rings is 1. The number of carbonyl (C=O) groups is 4. The van der Waals surface area contributed by atoms with Gasteiger partial charge in [-0.25, -0.2) is 0 Å². The number of amides is 4. The predicted octanol–water partition coefficient (Wildman–Crippen LogP) is 0.761. The first-order valence-corrected chi connectivity index (χ1v) is 10.1. The van der Waals surface area contributed by atoms with Crippen LogP contribution in [0.1, 0.15) is 50.0 Å². The van der Waals surface area contributed by atoms with E-state index in [4.69, 9.17) is 4.74 Å². The van der Waals surface area contributed by atoms with E-state index in [1.807, 2.05) is 24.3 Å². The van der Waals surface area contributed by atoms with E-state index in [2.05, 4.69) is 16.0 Å². The maximum absolute atomic E-state index is 13.0. The molecule has 154 valence electrons. The Morgan fingerprint density at radius 1 is 1.07 bits per heavy atom. The lowest BCUT2D eigenvalue weighted by molar-refractivity contribution is -0.140. The van der Waals surface area contributed by atoms with Crippen molar-refractivity contribution in [3.05, 3.63) is 29.8 Å². The van der Waals surface area contributed by atoms with Crippen LogP contribution in [0.15, 0.2) is 24.3 Å². The highest BCUT2D eigenvalue weighted by Gasteiger charge is 2.40. The van der Waals surface area contributed by atoms with E-state index in [1.165, 1.54) is 0 Å². The summed E-state index contributed by atoms with van der Waals surface area (Å²) < 4.78 is 5.63. The van der Waals surface area contributed by atoms with Gasteiger partial charge in [0.2, 0.25) is 23.6 Å². The van der Waals surface area contributed by atoms with Gasteiger partial charge in [-0.2, -0.15) is 0 Å². The van der Waals surface area contributed by atoms with Gasteiger partial charge in [0.15, 0.2) is 0 Å². The van der Waals surface area contributed by atoms with Crippen LogP contribution in [-0.2, 0) is 19.2 Å². The van der Waals surface area contributed by atoms with Gasteiger partial charge in [0.1, 0.15) is 18.3 Å². The van der Waals surface area contributed by atoms with Gasteiger partial charge in [-0.1, -0.05) is 31.0 Å². The molecule has 4 amide bonds. The Kier molecular flexibility index (Phi) is 5.25. The number of para-hydroxylation sites is 1. The average molecular weight is 399 g/mol. The first-order valence-electron chi connectivity index (χ1n) is 10.1. The third kappa shape index (κ3) is 4.11. The van der Waals surface area contributed by atoms with Crippen molar-refractivity contribution in [1.29, 1.82) is 0 Å². The fourth-order valence-corrected chi connectivity index (χ4v) is 4.49. The quantitative estimate of drug-likeness (QED) is 0.633. The topological polar surface area (TPSA) is 114 Å². The maximum Gasteiger partial charge on any atom is 0.231 e. The first kappa shape index (κ1) is 19.4. The molecule has 1 atom stereocenters. The second kappa shape index (κ2) is 7.85. The molecule has 8 nitrogen and oxygen atoms in total. The van der Waals surface area contributed by atoms with Gasteiger partial charge in [0, 0.05) is 24.9 Å². The van der Waals surface area contributed by atoms with E-state index in [0.29, 0.717) is 13.2 Å². The number of hydrogen-bond donors (Lipinski definition) is 3. The van der Waals surface area contributed by atoms with Crippen LogP contribution in [0.25, 0.3) is 0 Å². The summed E-state index contributed by atoms with van der Waals surface area (Å²) in [5.41, 5.74) is 0.375. The summed E-state index contributed by atoms with van der Waals surface area (Å²) in [6, 6.07) is 7.53. The summed E-state index contributed by atoms with van der Waals surface area (Å²) in [4.78, 5) is 48.6. The van der Waals surface area contributed by atoms with Gasteiger partial charge in [-0.05, 0) is 18.9 Å². The van der Waals surface area contributed by atoms with Crippen molar-refractivity contribution in [3.63, 3.8) is 0 Å². The molecular weight excluding hydrogens is 374 g/mol. The molecule has 4 rings (SSSR count). The number of fused-ring (bicyclic) bond motifs is 1. The molecule has 3 aliphatic rings. The van der Waals surface area contributed by atoms with Crippen LogP contribution in [0.5, 0.6) is 5.75 Å². The van der Waals surface area contributed by atoms with Crippen LogP contribution >= 0.6 is 0 Å². The zero-order chi connectivity index (χ0) is 20.4. The second-order valence-corrected chi connectivity index (χ2v) is 8.17. The molecule has 0 bridgehead atoms. The zero-order valence-electron chi connectivity index (χ0n) is 16.2. The summed E-state index contributed by atoms with van der Waals surface area (Å²) in [6.45, 7) is 0.603. The lowest BCUT2D eigenvalue weighted by atomic mass is 9.92. The van der Waals surface area contributed by atoms with Crippen LogP contribution in [0.2, 0.25) is 0 Å². The maximum atomic E-state index is 13.0. The van der Waals surface area contributed by atoms with Gasteiger partial charge in [0.25, 0.3) is 0 Å². The van der Waals surface area contributed by atoms with Crippen LogP contribution in [0.4, 0.5) is 0 Å². The molecule has 1 saturated heterocycles. The number of carbonyl (C=O) groups excluding carboxylic acids is 4. The second-order valence-electron chi connectivity index (χ2n) is 8.17. The normalized spacial score (nSPS) is 23.1. The fraction of sp³-hybridized carbons (Fsp3) is 0.524. The third-order valence-electron chi connectivity index (χ3n) is 6.08. The average Bonchev–Trinajstić information content (AvgIpc) is 3.33. The van der Waals surface area contributed by atoms with Crippen molar-refractivity contribution in [2.24, 2.45) is 5.92 Å². The van der Waals surface area contributed by atoms with Crippen LogP contribution in [0.3, 0.4) is 0 Å². The largest absolute Gasteiger partial charge is 0.492 e. The molecule has 1 unspecified atom stereocenters. The molecular formula is C21H25N3O5. The molecule has 0 radical (unpaired) electrons. The zero-order valence-corrected chi connectivity index (χ0v) is 16.2. The Hall–Kier alpha value is -2.90. The molecule has 1 aliphatic carbocycles. The standard InChI is InChI=1S/C21H25N3O5/c25-17-9-13(10-18(26)23-17)19(27)22-12-21(7-3-4-8-21)24-20(28)15-11-29-16-6-2-1-5-14(15)16/h1-2,5-6,13,15H,3-4,7-12H2,(H,22,27)(H,24,28)(H,23,25,26). The summed E-state index contributed by atoms with van der Waals surface area (Å²) in [5, 5.41) is 8.25. The summed E-state index contributed by atoms with van der Waals surface area (Å²) >= 11 is 0. The molecule has 1 aromatic carbocycles. The highest BCUT2D eigenvalue weighted by molar-refractivity contribution is 6.02. The van der Waals surface area contributed by atoms with Crippen LogP contribution in [-0.4, -0.2) is 42.3 Å². The number of hydrogen-bond acceptors (Lipinski definition) is 5. The fourth-order valence-electron chi connectivity index (χ4n) is 4.49. The Morgan fingerprint density at radius 2 is 1.76 bits per heavy atom. The van der Waals surface area contributed by atoms with Gasteiger partial charge in [-0.3, -0.25) is 24.5 Å². The molecule has 2 fully saturated rings. The molecule has 0 aromatic heterocycles. The Bertz CT molecular complexity index is 830. The molecule has 1 aromatic rings. The number of piperidine rings is 1. The third-order valence-corrected chi connectivity index (χ3v) is 6.08. The lowest BCUT2D eigenvalue weighted by Crippen LogP contribution is -2.56. The van der Waals surface area contributed by atoms with Crippen LogP contribution < -0.4 is 20.7 Å². The molecule has 8 heteroatoms. The molecule has 2 heterocycles. The lowest BCUT2D eigenvalue weighted by Gasteiger charge is -2.32. The van der Waals surface area contributed by atoms with E-state index in [9.17, 15) is 19.2 Å². The molecule has 29 heavy (non-hydrogen) atoms. The Balaban J connectivity index is 1.39. The van der Waals surface area contributed by atoms with Crippen molar-refractivity contribution in [3.8, 4) is 5.75 Å². The van der Waals surface area contributed by atoms with Crippen molar-refractivity contribution in [2.45, 2.75) is 50.0 Å². The number of imide groups is 1.